The van der Waals surface area contributed by atoms with Gasteiger partial charge >= 0.3 is 0 Å². The molecule has 0 saturated carbocycles. The van der Waals surface area contributed by atoms with E-state index < -0.39 is 0 Å². The van der Waals surface area contributed by atoms with Gasteiger partial charge in [0.25, 0.3) is 0 Å². The van der Waals surface area contributed by atoms with E-state index in [1.807, 2.05) is 0 Å². The average molecular weight is 166 g/mol. The Morgan fingerprint density at radius 3 is 2.69 bits per heavy atom. The van der Waals surface area contributed by atoms with E-state index in [4.69, 9.17) is 0 Å². The Hall–Kier alpha value is -1.56. The summed E-state index contributed by atoms with van der Waals surface area (Å²) in [6, 6.07) is 8.52. The zero-order chi connectivity index (χ0) is 8.84. The highest BCUT2D eigenvalue weighted by Gasteiger charge is 2.24. The molecule has 0 radical (unpaired) electrons. The molecule has 0 amide bonds. The van der Waals surface area contributed by atoms with E-state index in [0.717, 1.165) is 6.42 Å². The molecule has 0 N–H and O–H groups in total. The lowest BCUT2D eigenvalue weighted by atomic mass is 10.0. The van der Waals surface area contributed by atoms with Crippen molar-refractivity contribution in [1.82, 2.24) is 0 Å². The molecule has 0 heterocycles. The van der Waals surface area contributed by atoms with E-state index in [1.54, 1.807) is 0 Å². The molecule has 0 bridgehead atoms. The molecular formula is C13H10. The Morgan fingerprint density at radius 1 is 1.08 bits per heavy atom. The maximum Gasteiger partial charge on any atom is -0.00818 e. The van der Waals surface area contributed by atoms with Gasteiger partial charge in [-0.15, -0.1) is 0 Å². The maximum absolute atomic E-state index is 4.13. The van der Waals surface area contributed by atoms with E-state index in [0.29, 0.717) is 0 Å². The van der Waals surface area contributed by atoms with E-state index in [-0.39, 0.29) is 0 Å². The molecule has 0 aliphatic heterocycles. The third-order valence-electron chi connectivity index (χ3n) is 2.83. The lowest BCUT2D eigenvalue weighted by molar-refractivity contribution is 1.43. The van der Waals surface area contributed by atoms with Gasteiger partial charge in [0.1, 0.15) is 0 Å². The molecule has 0 nitrogen and oxygen atoms in total. The van der Waals surface area contributed by atoms with Crippen molar-refractivity contribution in [3.8, 4) is 0 Å². The van der Waals surface area contributed by atoms with Gasteiger partial charge in [-0.2, -0.15) is 0 Å². The van der Waals surface area contributed by atoms with Crippen molar-refractivity contribution in [2.75, 3.05) is 0 Å². The van der Waals surface area contributed by atoms with Gasteiger partial charge in [0.15, 0.2) is 0 Å². The number of hydrogen-bond acceptors (Lipinski definition) is 0. The quantitative estimate of drug-likeness (QED) is 0.554. The lowest BCUT2D eigenvalue weighted by Crippen LogP contribution is -1.82. The van der Waals surface area contributed by atoms with Crippen molar-refractivity contribution in [2.24, 2.45) is 0 Å². The van der Waals surface area contributed by atoms with E-state index >= 15 is 0 Å². The van der Waals surface area contributed by atoms with Gasteiger partial charge in [0.2, 0.25) is 0 Å². The maximum atomic E-state index is 4.13. The number of fused-ring (bicyclic) bond motifs is 2. The summed E-state index contributed by atoms with van der Waals surface area (Å²) in [7, 11) is 0. The first-order valence-electron chi connectivity index (χ1n) is 4.56. The van der Waals surface area contributed by atoms with Gasteiger partial charge in [0, 0.05) is 0 Å². The monoisotopic (exact) mass is 166 g/mol. The predicted octanol–water partition coefficient (Wildman–Crippen LogP) is 3.43. The van der Waals surface area contributed by atoms with Crippen LogP contribution in [0.2, 0.25) is 0 Å². The Balaban J connectivity index is 2.32. The zero-order valence-electron chi connectivity index (χ0n) is 7.38. The second-order valence-electron chi connectivity index (χ2n) is 3.52. The van der Waals surface area contributed by atoms with Crippen LogP contribution in [-0.4, -0.2) is 0 Å². The van der Waals surface area contributed by atoms with Crippen molar-refractivity contribution in [3.63, 3.8) is 0 Å². The van der Waals surface area contributed by atoms with Gasteiger partial charge in [-0.1, -0.05) is 43.0 Å². The Bertz CT molecular complexity index is 459. The minimum atomic E-state index is 1.07. The van der Waals surface area contributed by atoms with Crippen LogP contribution in [-0.2, 0) is 0 Å². The van der Waals surface area contributed by atoms with Crippen LogP contribution in [0, 0.1) is 0 Å². The van der Waals surface area contributed by atoms with Gasteiger partial charge in [-0.05, 0) is 34.3 Å². The molecule has 1 aromatic rings. The average Bonchev–Trinajstić information content (AvgIpc) is 2.72. The smallest absolute Gasteiger partial charge is 0.00818 e. The molecule has 1 aromatic carbocycles. The number of hydrogen-bond donors (Lipinski definition) is 0. The minimum absolute atomic E-state index is 1.07. The van der Waals surface area contributed by atoms with Crippen LogP contribution in [0.3, 0.4) is 0 Å². The highest BCUT2D eigenvalue weighted by molar-refractivity contribution is 6.02. The minimum Gasteiger partial charge on any atom is -0.0905 e. The summed E-state index contributed by atoms with van der Waals surface area (Å²) in [5, 5.41) is 0. The highest BCUT2D eigenvalue weighted by atomic mass is 14.3. The SMILES string of the molecule is C=C1C2=C(CC=C2)c2ccccc21. The van der Waals surface area contributed by atoms with Crippen LogP contribution in [0.4, 0.5) is 0 Å². The van der Waals surface area contributed by atoms with E-state index in [9.17, 15) is 0 Å². The largest absolute Gasteiger partial charge is 0.0905 e. The van der Waals surface area contributed by atoms with Gasteiger partial charge in [-0.3, -0.25) is 0 Å². The van der Waals surface area contributed by atoms with Crippen molar-refractivity contribution >= 4 is 11.1 Å². The molecule has 3 rings (SSSR count). The molecule has 2 aliphatic rings. The van der Waals surface area contributed by atoms with Crippen LogP contribution >= 0.6 is 0 Å². The van der Waals surface area contributed by atoms with Crippen LogP contribution in [0.1, 0.15) is 17.5 Å². The third-order valence-corrected chi connectivity index (χ3v) is 2.83. The Kier molecular flexibility index (Phi) is 1.18. The topological polar surface area (TPSA) is 0 Å². The molecule has 62 valence electrons. The summed E-state index contributed by atoms with van der Waals surface area (Å²) in [4.78, 5) is 0. The Morgan fingerprint density at radius 2 is 1.85 bits per heavy atom. The summed E-state index contributed by atoms with van der Waals surface area (Å²) < 4.78 is 0. The fraction of sp³-hybridized carbons (Fsp3) is 0.0769. The molecule has 0 aromatic heterocycles. The fourth-order valence-corrected chi connectivity index (χ4v) is 2.20. The molecule has 0 spiro atoms. The molecule has 0 heteroatoms. The molecule has 0 fully saturated rings. The molecule has 2 aliphatic carbocycles. The van der Waals surface area contributed by atoms with Crippen molar-refractivity contribution in [1.29, 1.82) is 0 Å². The normalized spacial score (nSPS) is 18.0. The summed E-state index contributed by atoms with van der Waals surface area (Å²) in [5.41, 5.74) is 6.70. The number of rotatable bonds is 0. The van der Waals surface area contributed by atoms with Gasteiger partial charge < -0.3 is 0 Å². The second-order valence-corrected chi connectivity index (χ2v) is 3.52. The molecular weight excluding hydrogens is 156 g/mol. The first-order chi connectivity index (χ1) is 6.38. The zero-order valence-corrected chi connectivity index (χ0v) is 7.38. The molecule has 13 heavy (non-hydrogen) atoms. The van der Waals surface area contributed by atoms with Gasteiger partial charge in [0.05, 0.1) is 0 Å². The van der Waals surface area contributed by atoms with Crippen LogP contribution in [0.25, 0.3) is 11.1 Å². The van der Waals surface area contributed by atoms with E-state index in [2.05, 4.69) is 43.0 Å². The predicted molar refractivity (Wildman–Crippen MR) is 56.2 cm³/mol. The second kappa shape index (κ2) is 2.23. The number of allylic oxidation sites excluding steroid dienone is 5. The van der Waals surface area contributed by atoms with Crippen LogP contribution < -0.4 is 0 Å². The van der Waals surface area contributed by atoms with Crippen molar-refractivity contribution in [3.05, 3.63) is 59.7 Å². The fourth-order valence-electron chi connectivity index (χ4n) is 2.20. The van der Waals surface area contributed by atoms with E-state index in [1.165, 1.54) is 27.8 Å². The highest BCUT2D eigenvalue weighted by Crippen LogP contribution is 2.45. The summed E-state index contributed by atoms with van der Waals surface area (Å²) >= 11 is 0. The van der Waals surface area contributed by atoms with Crippen molar-refractivity contribution < 1.29 is 0 Å². The molecule has 0 saturated heterocycles. The lowest BCUT2D eigenvalue weighted by Gasteiger charge is -2.01. The third kappa shape index (κ3) is 0.752. The summed E-state index contributed by atoms with van der Waals surface area (Å²) in [5.74, 6) is 0. The van der Waals surface area contributed by atoms with Crippen LogP contribution in [0.5, 0.6) is 0 Å². The summed E-state index contributed by atoms with van der Waals surface area (Å²) in [6.07, 6.45) is 5.48. The Labute approximate surface area is 77.9 Å². The van der Waals surface area contributed by atoms with Crippen LogP contribution in [0.15, 0.2) is 48.6 Å². The molecule has 0 atom stereocenters. The standard InChI is InChI=1S/C13H10/c1-9-10-5-2-3-6-12(10)13-8-4-7-11(9)13/h2-7H,1,8H2. The van der Waals surface area contributed by atoms with Crippen molar-refractivity contribution in [2.45, 2.75) is 6.42 Å². The molecule has 0 unspecified atom stereocenters. The first kappa shape index (κ1) is 6.90. The van der Waals surface area contributed by atoms with Gasteiger partial charge in [-0.25, -0.2) is 0 Å². The number of benzene rings is 1. The summed E-state index contributed by atoms with van der Waals surface area (Å²) in [6.45, 7) is 4.13. The first-order valence-corrected chi connectivity index (χ1v) is 4.56.